The number of urea groups is 1. The van der Waals surface area contributed by atoms with Gasteiger partial charge in [0, 0.05) is 36.2 Å². The van der Waals surface area contributed by atoms with Crippen molar-refractivity contribution < 1.29 is 18.0 Å². The summed E-state index contributed by atoms with van der Waals surface area (Å²) >= 11 is 0. The van der Waals surface area contributed by atoms with Gasteiger partial charge in [-0.25, -0.2) is 18.0 Å². The molecule has 2 amide bonds. The lowest BCUT2D eigenvalue weighted by Gasteiger charge is -2.34. The minimum absolute atomic E-state index is 0.0616. The number of carbonyl (C=O) groups excluding carboxylic acids is 1. The zero-order valence-electron chi connectivity index (χ0n) is 17.7. The predicted octanol–water partition coefficient (Wildman–Crippen LogP) is 6.32. The highest BCUT2D eigenvalue weighted by molar-refractivity contribution is 5.89. The van der Waals surface area contributed by atoms with Crippen LogP contribution in [0.4, 0.5) is 23.7 Å². The second-order valence-electron chi connectivity index (χ2n) is 8.24. The van der Waals surface area contributed by atoms with Crippen LogP contribution < -0.4 is 5.32 Å². The van der Waals surface area contributed by atoms with Crippen molar-refractivity contribution in [2.75, 3.05) is 5.32 Å². The number of halogens is 3. The Hall–Kier alpha value is -3.22. The Morgan fingerprint density at radius 3 is 2.53 bits per heavy atom. The molecule has 0 spiro atoms. The number of hydrogen-bond donors (Lipinski definition) is 1. The molecule has 1 aliphatic carbocycles. The molecule has 1 saturated carbocycles. The molecule has 4 nitrogen and oxygen atoms in total. The zero-order valence-corrected chi connectivity index (χ0v) is 17.7. The van der Waals surface area contributed by atoms with Gasteiger partial charge in [0.25, 0.3) is 0 Å². The van der Waals surface area contributed by atoms with Gasteiger partial charge in [-0.05, 0) is 54.8 Å². The topological polar surface area (TPSA) is 37.3 Å². The number of carbonyl (C=O) groups is 1. The maximum absolute atomic E-state index is 13.6. The first-order valence-electron chi connectivity index (χ1n) is 10.9. The maximum atomic E-state index is 13.6. The third-order valence-electron chi connectivity index (χ3n) is 5.95. The average Bonchev–Trinajstić information content (AvgIpc) is 3.21. The molecule has 3 aromatic rings. The van der Waals surface area contributed by atoms with Crippen LogP contribution in [0.3, 0.4) is 0 Å². The quantitative estimate of drug-likeness (QED) is 0.478. The molecular formula is C25H26F3N3O. The largest absolute Gasteiger partial charge is 0.345 e. The van der Waals surface area contributed by atoms with Crippen LogP contribution in [0.15, 0.2) is 60.8 Å². The van der Waals surface area contributed by atoms with E-state index in [4.69, 9.17) is 0 Å². The SMILES string of the molecule is O=C(Nc1ccc(F)c(F)c1)N(Cc1cccn1Cc1cccc(F)c1)C1CCCCC1. The molecule has 0 unspecified atom stereocenters. The van der Waals surface area contributed by atoms with Crippen molar-refractivity contribution in [2.24, 2.45) is 0 Å². The van der Waals surface area contributed by atoms with Gasteiger partial charge >= 0.3 is 6.03 Å². The lowest BCUT2D eigenvalue weighted by Crippen LogP contribution is -2.43. The third kappa shape index (κ3) is 5.33. The summed E-state index contributed by atoms with van der Waals surface area (Å²) in [6.45, 7) is 0.853. The molecule has 168 valence electrons. The minimum Gasteiger partial charge on any atom is -0.345 e. The third-order valence-corrected chi connectivity index (χ3v) is 5.95. The average molecular weight is 441 g/mol. The number of anilines is 1. The van der Waals surface area contributed by atoms with E-state index in [-0.39, 0.29) is 23.6 Å². The summed E-state index contributed by atoms with van der Waals surface area (Å²) in [5.41, 5.74) is 1.96. The van der Waals surface area contributed by atoms with E-state index in [1.165, 1.54) is 18.2 Å². The summed E-state index contributed by atoms with van der Waals surface area (Å²) < 4.78 is 42.5. The number of rotatable bonds is 6. The number of hydrogen-bond acceptors (Lipinski definition) is 1. The van der Waals surface area contributed by atoms with Gasteiger partial charge in [-0.3, -0.25) is 0 Å². The Balaban J connectivity index is 1.54. The first-order valence-corrected chi connectivity index (χ1v) is 10.9. The highest BCUT2D eigenvalue weighted by Gasteiger charge is 2.26. The van der Waals surface area contributed by atoms with E-state index >= 15 is 0 Å². The molecule has 32 heavy (non-hydrogen) atoms. The van der Waals surface area contributed by atoms with E-state index in [2.05, 4.69) is 5.32 Å². The summed E-state index contributed by atoms with van der Waals surface area (Å²) in [6, 6.07) is 13.3. The van der Waals surface area contributed by atoms with Crippen molar-refractivity contribution in [1.82, 2.24) is 9.47 Å². The Morgan fingerprint density at radius 2 is 1.78 bits per heavy atom. The van der Waals surface area contributed by atoms with Crippen LogP contribution in [-0.2, 0) is 13.1 Å². The van der Waals surface area contributed by atoms with Crippen LogP contribution in [0.2, 0.25) is 0 Å². The van der Waals surface area contributed by atoms with Crippen LogP contribution in [0.25, 0.3) is 0 Å². The van der Waals surface area contributed by atoms with Gasteiger partial charge in [-0.2, -0.15) is 0 Å². The molecule has 1 heterocycles. The summed E-state index contributed by atoms with van der Waals surface area (Å²) in [4.78, 5) is 15.0. The Kier molecular flexibility index (Phi) is 6.83. The van der Waals surface area contributed by atoms with Gasteiger partial charge in [0.1, 0.15) is 5.82 Å². The summed E-state index contributed by atoms with van der Waals surface area (Å²) in [6.07, 6.45) is 6.94. The molecule has 0 radical (unpaired) electrons. The van der Waals surface area contributed by atoms with Crippen LogP contribution in [0.1, 0.15) is 43.4 Å². The lowest BCUT2D eigenvalue weighted by molar-refractivity contribution is 0.161. The van der Waals surface area contributed by atoms with Gasteiger partial charge in [-0.15, -0.1) is 0 Å². The van der Waals surface area contributed by atoms with Crippen LogP contribution in [0.5, 0.6) is 0 Å². The smallest absolute Gasteiger partial charge is 0.322 e. The fraction of sp³-hybridized carbons (Fsp3) is 0.320. The van der Waals surface area contributed by atoms with Crippen LogP contribution in [-0.4, -0.2) is 21.5 Å². The molecule has 0 aliphatic heterocycles. The highest BCUT2D eigenvalue weighted by Crippen LogP contribution is 2.26. The second-order valence-corrected chi connectivity index (χ2v) is 8.24. The van der Waals surface area contributed by atoms with Gasteiger partial charge in [0.2, 0.25) is 0 Å². The molecule has 2 aromatic carbocycles. The number of amides is 2. The molecule has 1 N–H and O–H groups in total. The summed E-state index contributed by atoms with van der Waals surface area (Å²) in [5, 5.41) is 2.72. The highest BCUT2D eigenvalue weighted by atomic mass is 19.2. The van der Waals surface area contributed by atoms with E-state index in [0.29, 0.717) is 13.1 Å². The van der Waals surface area contributed by atoms with Gasteiger partial charge in [0.05, 0.1) is 6.54 Å². The molecule has 1 fully saturated rings. The molecule has 0 saturated heterocycles. The molecule has 4 rings (SSSR count). The molecule has 7 heteroatoms. The van der Waals surface area contributed by atoms with Crippen molar-refractivity contribution in [3.8, 4) is 0 Å². The fourth-order valence-electron chi connectivity index (χ4n) is 4.28. The molecule has 1 aromatic heterocycles. The van der Waals surface area contributed by atoms with Crippen molar-refractivity contribution in [1.29, 1.82) is 0 Å². The maximum Gasteiger partial charge on any atom is 0.322 e. The Labute approximate surface area is 185 Å². The van der Waals surface area contributed by atoms with Crippen molar-refractivity contribution >= 4 is 11.7 Å². The fourth-order valence-corrected chi connectivity index (χ4v) is 4.28. The first kappa shape index (κ1) is 22.0. The van der Waals surface area contributed by atoms with Crippen molar-refractivity contribution in [3.05, 3.63) is 89.5 Å². The van der Waals surface area contributed by atoms with Gasteiger partial charge < -0.3 is 14.8 Å². The van der Waals surface area contributed by atoms with Gasteiger partial charge in [-0.1, -0.05) is 31.4 Å². The first-order chi connectivity index (χ1) is 15.5. The monoisotopic (exact) mass is 441 g/mol. The summed E-state index contributed by atoms with van der Waals surface area (Å²) in [7, 11) is 0. The van der Waals surface area contributed by atoms with E-state index < -0.39 is 11.6 Å². The van der Waals surface area contributed by atoms with E-state index in [1.54, 1.807) is 11.0 Å². The van der Waals surface area contributed by atoms with E-state index in [9.17, 15) is 18.0 Å². The molecule has 0 bridgehead atoms. The van der Waals surface area contributed by atoms with Crippen molar-refractivity contribution in [2.45, 2.75) is 51.2 Å². The standard InChI is InChI=1S/C25H26F3N3O/c26-19-7-4-6-18(14-19)16-30-13-5-10-22(30)17-31(21-8-2-1-3-9-21)25(32)29-20-11-12-23(27)24(28)15-20/h4-7,10-15,21H,1-3,8-9,16-17H2,(H,29,32). The molecule has 0 atom stereocenters. The number of nitrogens with zero attached hydrogens (tertiary/aromatic N) is 2. The Morgan fingerprint density at radius 1 is 0.969 bits per heavy atom. The van der Waals surface area contributed by atoms with E-state index in [1.807, 2.05) is 29.0 Å². The number of aromatic nitrogens is 1. The van der Waals surface area contributed by atoms with Crippen LogP contribution in [0, 0.1) is 17.5 Å². The zero-order chi connectivity index (χ0) is 22.5. The molecule has 1 aliphatic rings. The lowest BCUT2D eigenvalue weighted by atomic mass is 9.94. The predicted molar refractivity (Wildman–Crippen MR) is 118 cm³/mol. The Bertz CT molecular complexity index is 1080. The van der Waals surface area contributed by atoms with Gasteiger partial charge in [0.15, 0.2) is 11.6 Å². The summed E-state index contributed by atoms with van der Waals surface area (Å²) in [5.74, 6) is -2.25. The van der Waals surface area contributed by atoms with Crippen molar-refractivity contribution in [3.63, 3.8) is 0 Å². The normalized spacial score (nSPS) is 14.3. The number of benzene rings is 2. The van der Waals surface area contributed by atoms with E-state index in [0.717, 1.165) is 55.5 Å². The number of nitrogens with one attached hydrogen (secondary N) is 1. The van der Waals surface area contributed by atoms with Crippen LogP contribution >= 0.6 is 0 Å². The molecular weight excluding hydrogens is 415 g/mol. The second kappa shape index (κ2) is 9.94. The minimum atomic E-state index is -1.00.